The van der Waals surface area contributed by atoms with Crippen molar-refractivity contribution in [1.82, 2.24) is 0 Å². The number of rotatable bonds is 5. The molecule has 1 heterocycles. The van der Waals surface area contributed by atoms with Crippen molar-refractivity contribution in [3.8, 4) is 0 Å². The molecule has 4 rings (SSSR count). The Labute approximate surface area is 210 Å². The predicted octanol–water partition coefficient (Wildman–Crippen LogP) is 5.72. The number of nitrogens with one attached hydrogen (secondary N) is 2. The first kappa shape index (κ1) is 23.8. The molecule has 1 fully saturated rings. The smallest absolute Gasteiger partial charge is 0.248 e. The van der Waals surface area contributed by atoms with Gasteiger partial charge in [-0.2, -0.15) is 0 Å². The highest BCUT2D eigenvalue weighted by atomic mass is 79.9. The number of carbonyl (C=O) groups excluding carboxylic acids is 3. The van der Waals surface area contributed by atoms with Gasteiger partial charge in [0.15, 0.2) is 0 Å². The van der Waals surface area contributed by atoms with Crippen molar-refractivity contribution in [3.63, 3.8) is 0 Å². The van der Waals surface area contributed by atoms with Crippen molar-refractivity contribution in [3.05, 3.63) is 63.6 Å². The van der Waals surface area contributed by atoms with Crippen molar-refractivity contribution in [2.75, 3.05) is 15.5 Å². The number of halogens is 3. The van der Waals surface area contributed by atoms with Crippen molar-refractivity contribution in [1.29, 1.82) is 0 Å². The molecular weight excluding hydrogens is 529 g/mol. The predicted molar refractivity (Wildman–Crippen MR) is 134 cm³/mol. The van der Waals surface area contributed by atoms with Crippen molar-refractivity contribution >= 4 is 73.9 Å². The molecule has 1 aliphatic carbocycles. The summed E-state index contributed by atoms with van der Waals surface area (Å²) in [4.78, 5) is 41.1. The van der Waals surface area contributed by atoms with Gasteiger partial charge in [-0.3, -0.25) is 19.3 Å². The monoisotopic (exact) mass is 549 g/mol. The summed E-state index contributed by atoms with van der Waals surface area (Å²) in [5.74, 6) is -1.59. The highest BCUT2D eigenvalue weighted by Gasteiger charge is 2.62. The number of amides is 3. The minimum atomic E-state index is -0.990. The first-order valence-corrected chi connectivity index (χ1v) is 12.0. The van der Waals surface area contributed by atoms with Gasteiger partial charge in [0.05, 0.1) is 23.7 Å². The van der Waals surface area contributed by atoms with E-state index in [0.717, 1.165) is 4.47 Å². The average Bonchev–Trinajstić information content (AvgIpc) is 3.28. The zero-order valence-electron chi connectivity index (χ0n) is 17.9. The van der Waals surface area contributed by atoms with Crippen molar-refractivity contribution < 1.29 is 14.4 Å². The quantitative estimate of drug-likeness (QED) is 0.499. The molecule has 0 saturated heterocycles. The number of fused-ring (bicyclic) bond motifs is 1. The molecular formula is C24H22BrCl2N3O3. The first-order chi connectivity index (χ1) is 15.6. The van der Waals surface area contributed by atoms with Gasteiger partial charge >= 0.3 is 0 Å². The number of benzene rings is 2. The van der Waals surface area contributed by atoms with E-state index in [4.69, 9.17) is 23.2 Å². The molecule has 9 heteroatoms. The van der Waals surface area contributed by atoms with E-state index in [0.29, 0.717) is 17.1 Å². The lowest BCUT2D eigenvalue weighted by Gasteiger charge is -2.36. The maximum Gasteiger partial charge on any atom is 0.248 e. The molecule has 2 aliphatic rings. The fraction of sp³-hybridized carbons (Fsp3) is 0.292. The number of carbonyl (C=O) groups is 3. The van der Waals surface area contributed by atoms with Gasteiger partial charge in [-0.25, -0.2) is 0 Å². The van der Waals surface area contributed by atoms with Crippen LogP contribution in [-0.4, -0.2) is 23.8 Å². The topological polar surface area (TPSA) is 78.5 Å². The molecule has 33 heavy (non-hydrogen) atoms. The highest BCUT2D eigenvalue weighted by molar-refractivity contribution is 9.10. The van der Waals surface area contributed by atoms with Gasteiger partial charge in [0.2, 0.25) is 17.7 Å². The van der Waals surface area contributed by atoms with E-state index in [1.54, 1.807) is 54.6 Å². The van der Waals surface area contributed by atoms with Gasteiger partial charge in [0.25, 0.3) is 0 Å². The standard InChI is InChI=1S/C24H22BrCl2N3O3/c1-24(2)15(11-19(26)27)21(24)23(33)30-17-6-4-3-5-16(17)29-22(32)18(30)12-20(31)28-14-9-7-13(25)8-10-14/h3-11,15,18,21H,12H2,1-2H3,(H,28,31)(H,29,32)/t15-,18-,21-/m1/s1. The molecule has 3 atom stereocenters. The molecule has 172 valence electrons. The summed E-state index contributed by atoms with van der Waals surface area (Å²) in [6.45, 7) is 3.91. The molecule has 1 saturated carbocycles. The lowest BCUT2D eigenvalue weighted by atomic mass is 10.0. The van der Waals surface area contributed by atoms with Gasteiger partial charge in [-0.05, 0) is 53.8 Å². The number of para-hydroxylation sites is 2. The van der Waals surface area contributed by atoms with Crippen molar-refractivity contribution in [2.24, 2.45) is 17.3 Å². The first-order valence-electron chi connectivity index (χ1n) is 10.4. The number of allylic oxidation sites excluding steroid dienone is 1. The molecule has 2 N–H and O–H groups in total. The minimum Gasteiger partial charge on any atom is -0.326 e. The second-order valence-electron chi connectivity index (χ2n) is 8.77. The third-order valence-electron chi connectivity index (χ3n) is 6.26. The van der Waals surface area contributed by atoms with Gasteiger partial charge < -0.3 is 10.6 Å². The van der Waals surface area contributed by atoms with Gasteiger partial charge in [0, 0.05) is 10.2 Å². The van der Waals surface area contributed by atoms with Gasteiger partial charge in [-0.15, -0.1) is 0 Å². The zero-order valence-corrected chi connectivity index (χ0v) is 21.0. The van der Waals surface area contributed by atoms with E-state index in [-0.39, 0.29) is 34.1 Å². The van der Waals surface area contributed by atoms with E-state index in [1.807, 2.05) is 13.8 Å². The van der Waals surface area contributed by atoms with Crippen LogP contribution in [0.15, 0.2) is 63.6 Å². The molecule has 0 bridgehead atoms. The largest absolute Gasteiger partial charge is 0.326 e. The Morgan fingerprint density at radius 1 is 1.15 bits per heavy atom. The average molecular weight is 551 g/mol. The van der Waals surface area contributed by atoms with Gasteiger partial charge in [0.1, 0.15) is 10.5 Å². The lowest BCUT2D eigenvalue weighted by Crippen LogP contribution is -2.53. The molecule has 1 aliphatic heterocycles. The Morgan fingerprint density at radius 2 is 1.82 bits per heavy atom. The summed E-state index contributed by atoms with van der Waals surface area (Å²) in [6, 6.07) is 13.2. The van der Waals surface area contributed by atoms with Crippen molar-refractivity contribution in [2.45, 2.75) is 26.3 Å². The second-order valence-corrected chi connectivity index (χ2v) is 10.7. The zero-order chi connectivity index (χ0) is 23.9. The Balaban J connectivity index is 1.63. The lowest BCUT2D eigenvalue weighted by molar-refractivity contribution is -0.127. The van der Waals surface area contributed by atoms with E-state index in [1.165, 1.54) is 4.90 Å². The van der Waals surface area contributed by atoms with Crippen LogP contribution in [0.3, 0.4) is 0 Å². The number of nitrogens with zero attached hydrogens (tertiary/aromatic N) is 1. The summed E-state index contributed by atoms with van der Waals surface area (Å²) < 4.78 is 0.985. The van der Waals surface area contributed by atoms with Crippen LogP contribution in [0, 0.1) is 17.3 Å². The Morgan fingerprint density at radius 3 is 2.48 bits per heavy atom. The second kappa shape index (κ2) is 9.12. The van der Waals surface area contributed by atoms with E-state index in [2.05, 4.69) is 26.6 Å². The van der Waals surface area contributed by atoms with E-state index < -0.39 is 17.9 Å². The Bertz CT molecular complexity index is 1150. The summed E-state index contributed by atoms with van der Waals surface area (Å²) >= 11 is 15.1. The molecule has 2 aromatic carbocycles. The maximum absolute atomic E-state index is 13.8. The summed E-state index contributed by atoms with van der Waals surface area (Å²) in [7, 11) is 0. The third-order valence-corrected chi connectivity index (χ3v) is 7.04. The van der Waals surface area contributed by atoms with Crippen LogP contribution in [0.2, 0.25) is 0 Å². The minimum absolute atomic E-state index is 0.102. The molecule has 0 aromatic heterocycles. The SMILES string of the molecule is CC1(C)[C@H](C=C(Cl)Cl)[C@@H]1C(=O)N1c2ccccc2NC(=O)[C@H]1CC(=O)Nc1ccc(Br)cc1. The third kappa shape index (κ3) is 4.81. The highest BCUT2D eigenvalue weighted by Crippen LogP contribution is 2.61. The maximum atomic E-state index is 13.8. The van der Waals surface area contributed by atoms with E-state index >= 15 is 0 Å². The van der Waals surface area contributed by atoms with Crippen LogP contribution in [0.4, 0.5) is 17.1 Å². The fourth-order valence-corrected chi connectivity index (χ4v) is 4.95. The van der Waals surface area contributed by atoms with Crippen LogP contribution in [0.1, 0.15) is 20.3 Å². The van der Waals surface area contributed by atoms with Gasteiger partial charge in [-0.1, -0.05) is 65.1 Å². The molecule has 6 nitrogen and oxygen atoms in total. The summed E-state index contributed by atoms with van der Waals surface area (Å²) in [5.41, 5.74) is 1.31. The van der Waals surface area contributed by atoms with Crippen LogP contribution in [0.25, 0.3) is 0 Å². The Hall–Kier alpha value is -2.35. The molecule has 3 amide bonds. The number of anilines is 3. The van der Waals surface area contributed by atoms with Crippen LogP contribution in [0.5, 0.6) is 0 Å². The normalized spacial score (nSPS) is 22.6. The van der Waals surface area contributed by atoms with Crippen LogP contribution < -0.4 is 15.5 Å². The molecule has 2 aromatic rings. The number of hydrogen-bond acceptors (Lipinski definition) is 3. The van der Waals surface area contributed by atoms with Crippen LogP contribution >= 0.6 is 39.1 Å². The summed E-state index contributed by atoms with van der Waals surface area (Å²) in [6.07, 6.45) is 1.47. The van der Waals surface area contributed by atoms with E-state index in [9.17, 15) is 14.4 Å². The molecule has 0 spiro atoms. The number of hydrogen-bond donors (Lipinski definition) is 2. The molecule has 0 radical (unpaired) electrons. The Kier molecular flexibility index (Phi) is 6.58. The summed E-state index contributed by atoms with van der Waals surface area (Å²) in [5, 5.41) is 5.62. The van der Waals surface area contributed by atoms with Crippen LogP contribution in [-0.2, 0) is 14.4 Å². The molecule has 0 unspecified atom stereocenters. The fourth-order valence-electron chi connectivity index (χ4n) is 4.41.